The molecule has 0 unspecified atom stereocenters. The molecule has 0 aliphatic rings. The molecular formula is C18H27N5O2. The molecule has 2 aromatic rings. The maximum atomic E-state index is 5.79. The minimum Gasteiger partial charge on any atom is -0.481 e. The Bertz CT molecular complexity index is 703. The van der Waals surface area contributed by atoms with Gasteiger partial charge in [0.2, 0.25) is 11.8 Å². The first-order valence-corrected chi connectivity index (χ1v) is 8.39. The summed E-state index contributed by atoms with van der Waals surface area (Å²) >= 11 is 0. The smallest absolute Gasteiger partial charge is 0.218 e. The molecule has 0 fully saturated rings. The van der Waals surface area contributed by atoms with Gasteiger partial charge < -0.3 is 19.8 Å². The van der Waals surface area contributed by atoms with Crippen LogP contribution in [0.15, 0.2) is 33.9 Å². The molecule has 0 saturated heterocycles. The summed E-state index contributed by atoms with van der Waals surface area (Å²) in [6.45, 7) is 9.99. The van der Waals surface area contributed by atoms with Crippen LogP contribution in [0.2, 0.25) is 0 Å². The van der Waals surface area contributed by atoms with Crippen LogP contribution in [0.1, 0.15) is 44.9 Å². The van der Waals surface area contributed by atoms with Crippen molar-refractivity contribution in [2.45, 2.75) is 46.2 Å². The van der Waals surface area contributed by atoms with Gasteiger partial charge in [0.25, 0.3) is 0 Å². The van der Waals surface area contributed by atoms with Crippen molar-refractivity contribution in [3.05, 3.63) is 41.7 Å². The molecule has 0 aliphatic heterocycles. The molecule has 25 heavy (non-hydrogen) atoms. The van der Waals surface area contributed by atoms with Crippen molar-refractivity contribution in [3.8, 4) is 5.88 Å². The predicted molar refractivity (Wildman–Crippen MR) is 97.6 cm³/mol. The Morgan fingerprint density at radius 1 is 1.28 bits per heavy atom. The Labute approximate surface area is 148 Å². The van der Waals surface area contributed by atoms with Crippen LogP contribution in [-0.2, 0) is 18.5 Å². The number of aliphatic imine (C=N–C) groups is 1. The van der Waals surface area contributed by atoms with Crippen molar-refractivity contribution < 1.29 is 9.15 Å². The van der Waals surface area contributed by atoms with E-state index in [-0.39, 0.29) is 5.41 Å². The highest BCUT2D eigenvalue weighted by Gasteiger charge is 2.19. The zero-order valence-corrected chi connectivity index (χ0v) is 15.6. The van der Waals surface area contributed by atoms with E-state index in [1.165, 1.54) is 0 Å². The van der Waals surface area contributed by atoms with Crippen LogP contribution in [0, 0.1) is 0 Å². The normalized spacial score (nSPS) is 12.1. The molecular weight excluding hydrogens is 318 g/mol. The van der Waals surface area contributed by atoms with E-state index >= 15 is 0 Å². The first-order valence-electron chi connectivity index (χ1n) is 8.39. The van der Waals surface area contributed by atoms with E-state index in [4.69, 9.17) is 9.15 Å². The monoisotopic (exact) mass is 345 g/mol. The van der Waals surface area contributed by atoms with E-state index in [1.54, 1.807) is 19.5 Å². The van der Waals surface area contributed by atoms with Crippen LogP contribution in [0.25, 0.3) is 0 Å². The number of rotatable bonds is 6. The summed E-state index contributed by atoms with van der Waals surface area (Å²) in [7, 11) is 1.61. The summed E-state index contributed by atoms with van der Waals surface area (Å²) in [5.41, 5.74) is 0.870. The maximum absolute atomic E-state index is 5.79. The molecule has 0 bridgehead atoms. The van der Waals surface area contributed by atoms with E-state index in [9.17, 15) is 0 Å². The second-order valence-corrected chi connectivity index (χ2v) is 6.59. The number of nitrogens with zero attached hydrogens (tertiary/aromatic N) is 3. The molecule has 0 saturated carbocycles. The molecule has 0 spiro atoms. The summed E-state index contributed by atoms with van der Waals surface area (Å²) < 4.78 is 11.0. The number of methoxy groups -OCH3 is 1. The number of ether oxygens (including phenoxy) is 1. The third-order valence-electron chi connectivity index (χ3n) is 3.49. The summed E-state index contributed by atoms with van der Waals surface area (Å²) in [5.74, 6) is 2.77. The Balaban J connectivity index is 2.01. The number of aromatic nitrogens is 2. The van der Waals surface area contributed by atoms with Gasteiger partial charge in [0, 0.05) is 23.7 Å². The molecule has 7 heteroatoms. The van der Waals surface area contributed by atoms with Gasteiger partial charge in [0.05, 0.1) is 26.4 Å². The van der Waals surface area contributed by atoms with Crippen molar-refractivity contribution in [3.63, 3.8) is 0 Å². The van der Waals surface area contributed by atoms with E-state index in [0.717, 1.165) is 17.9 Å². The summed E-state index contributed by atoms with van der Waals surface area (Å²) in [6, 6.07) is 3.82. The van der Waals surface area contributed by atoms with Gasteiger partial charge in [-0.3, -0.25) is 0 Å². The number of pyridine rings is 1. The van der Waals surface area contributed by atoms with Gasteiger partial charge in [-0.1, -0.05) is 26.8 Å². The fraction of sp³-hybridized carbons (Fsp3) is 0.500. The minimum atomic E-state index is -0.0549. The van der Waals surface area contributed by atoms with E-state index in [2.05, 4.69) is 46.4 Å². The molecule has 2 N–H and O–H groups in total. The van der Waals surface area contributed by atoms with Crippen molar-refractivity contribution in [2.75, 3.05) is 13.7 Å². The van der Waals surface area contributed by atoms with Crippen LogP contribution in [0.5, 0.6) is 5.88 Å². The fourth-order valence-electron chi connectivity index (χ4n) is 2.13. The Morgan fingerprint density at radius 2 is 2.08 bits per heavy atom. The van der Waals surface area contributed by atoms with Gasteiger partial charge >= 0.3 is 0 Å². The van der Waals surface area contributed by atoms with Crippen LogP contribution in [-0.4, -0.2) is 29.6 Å². The lowest BCUT2D eigenvalue weighted by Gasteiger charge is -2.13. The Hall–Kier alpha value is -2.57. The SMILES string of the molecule is CCNC(=NCc1cccnc1OC)NCc1ncc(C(C)(C)C)o1. The zero-order chi connectivity index (χ0) is 18.3. The molecule has 136 valence electrons. The Kier molecular flexibility index (Phi) is 6.38. The quantitative estimate of drug-likeness (QED) is 0.618. The molecule has 2 rings (SSSR count). The highest BCUT2D eigenvalue weighted by atomic mass is 16.5. The highest BCUT2D eigenvalue weighted by molar-refractivity contribution is 5.79. The van der Waals surface area contributed by atoms with E-state index < -0.39 is 0 Å². The number of guanidine groups is 1. The van der Waals surface area contributed by atoms with Crippen molar-refractivity contribution >= 4 is 5.96 Å². The first-order chi connectivity index (χ1) is 11.9. The number of hydrogen-bond acceptors (Lipinski definition) is 5. The van der Waals surface area contributed by atoms with Crippen LogP contribution >= 0.6 is 0 Å². The van der Waals surface area contributed by atoms with Gasteiger partial charge in [-0.25, -0.2) is 15.0 Å². The summed E-state index contributed by atoms with van der Waals surface area (Å²) in [6.07, 6.45) is 3.48. The third kappa shape index (κ3) is 5.48. The van der Waals surface area contributed by atoms with Gasteiger partial charge in [-0.2, -0.15) is 0 Å². The number of hydrogen-bond donors (Lipinski definition) is 2. The molecule has 0 radical (unpaired) electrons. The Morgan fingerprint density at radius 3 is 2.72 bits per heavy atom. The van der Waals surface area contributed by atoms with Gasteiger partial charge in [-0.15, -0.1) is 0 Å². The molecule has 0 amide bonds. The lowest BCUT2D eigenvalue weighted by molar-refractivity contribution is 0.379. The maximum Gasteiger partial charge on any atom is 0.218 e. The predicted octanol–water partition coefficient (Wildman–Crippen LogP) is 2.63. The zero-order valence-electron chi connectivity index (χ0n) is 15.6. The van der Waals surface area contributed by atoms with Crippen molar-refractivity contribution in [1.29, 1.82) is 0 Å². The number of oxazole rings is 1. The topological polar surface area (TPSA) is 84.6 Å². The average Bonchev–Trinajstić information content (AvgIpc) is 3.07. The molecule has 7 nitrogen and oxygen atoms in total. The van der Waals surface area contributed by atoms with Gasteiger partial charge in [0.15, 0.2) is 5.96 Å². The minimum absolute atomic E-state index is 0.0549. The second-order valence-electron chi connectivity index (χ2n) is 6.59. The van der Waals surface area contributed by atoms with E-state index in [0.29, 0.717) is 30.8 Å². The fourth-order valence-corrected chi connectivity index (χ4v) is 2.13. The van der Waals surface area contributed by atoms with E-state index in [1.807, 2.05) is 19.1 Å². The molecule has 2 heterocycles. The lowest BCUT2D eigenvalue weighted by Crippen LogP contribution is -2.36. The highest BCUT2D eigenvalue weighted by Crippen LogP contribution is 2.22. The first kappa shape index (κ1) is 18.8. The summed E-state index contributed by atoms with van der Waals surface area (Å²) in [5, 5.41) is 6.44. The lowest BCUT2D eigenvalue weighted by atomic mass is 9.94. The average molecular weight is 345 g/mol. The largest absolute Gasteiger partial charge is 0.481 e. The van der Waals surface area contributed by atoms with Crippen LogP contribution in [0.3, 0.4) is 0 Å². The summed E-state index contributed by atoms with van der Waals surface area (Å²) in [4.78, 5) is 13.1. The van der Waals surface area contributed by atoms with Gasteiger partial charge in [0.1, 0.15) is 5.76 Å². The second kappa shape index (κ2) is 8.50. The van der Waals surface area contributed by atoms with Gasteiger partial charge in [-0.05, 0) is 13.0 Å². The number of nitrogens with one attached hydrogen (secondary N) is 2. The molecule has 0 atom stereocenters. The van der Waals surface area contributed by atoms with Crippen molar-refractivity contribution in [1.82, 2.24) is 20.6 Å². The molecule has 0 aliphatic carbocycles. The van der Waals surface area contributed by atoms with Crippen LogP contribution < -0.4 is 15.4 Å². The standard InChI is InChI=1S/C18H27N5O2/c1-6-19-17(22-10-13-8-7-9-20-16(13)24-5)23-12-15-21-11-14(25-15)18(2,3)4/h7-9,11H,6,10,12H2,1-5H3,(H2,19,22,23). The molecule has 0 aromatic carbocycles. The van der Waals surface area contributed by atoms with Crippen LogP contribution in [0.4, 0.5) is 0 Å². The van der Waals surface area contributed by atoms with Crippen molar-refractivity contribution in [2.24, 2.45) is 4.99 Å². The third-order valence-corrected chi connectivity index (χ3v) is 3.49. The molecule has 2 aromatic heterocycles.